The molecule has 2 aromatic rings. The normalized spacial score (nSPS) is 19.9. The van der Waals surface area contributed by atoms with Crippen molar-refractivity contribution in [1.82, 2.24) is 0 Å². The van der Waals surface area contributed by atoms with E-state index in [9.17, 15) is 9.50 Å². The number of benzene rings is 1. The second kappa shape index (κ2) is 7.38. The summed E-state index contributed by atoms with van der Waals surface area (Å²) in [6, 6.07) is 9.03. The van der Waals surface area contributed by atoms with E-state index in [4.69, 9.17) is 0 Å². The molecule has 1 aromatic carbocycles. The van der Waals surface area contributed by atoms with Crippen molar-refractivity contribution in [2.24, 2.45) is 5.92 Å². The molecule has 0 fully saturated rings. The highest BCUT2D eigenvalue weighted by atomic mass is 32.1. The molecule has 2 aliphatic rings. The fourth-order valence-corrected chi connectivity index (χ4v) is 6.21. The first-order valence-electron chi connectivity index (χ1n) is 9.39. The number of anilines is 1. The van der Waals surface area contributed by atoms with Gasteiger partial charge < -0.3 is 10.0 Å². The Kier molecular flexibility index (Phi) is 5.10. The number of hydrogen-bond donors (Lipinski definition) is 1. The molecular weight excluding hydrogens is 377 g/mol. The van der Waals surface area contributed by atoms with Gasteiger partial charge in [0.1, 0.15) is 10.9 Å². The quantitative estimate of drug-likeness (QED) is 0.473. The molecule has 0 saturated heterocycles. The summed E-state index contributed by atoms with van der Waals surface area (Å²) < 4.78 is 13.3. The number of halogens is 1. The van der Waals surface area contributed by atoms with Crippen LogP contribution in [0.25, 0.3) is 10.4 Å². The van der Waals surface area contributed by atoms with Crippen LogP contribution in [0.15, 0.2) is 42.0 Å². The van der Waals surface area contributed by atoms with Crippen LogP contribution in [0, 0.1) is 11.7 Å². The molecule has 0 saturated carbocycles. The molecule has 142 valence electrons. The zero-order chi connectivity index (χ0) is 19.1. The van der Waals surface area contributed by atoms with E-state index in [2.05, 4.69) is 37.8 Å². The fraction of sp³-hybridized carbons (Fsp3) is 0.364. The summed E-state index contributed by atoms with van der Waals surface area (Å²) in [5, 5.41) is 11.2. The lowest BCUT2D eigenvalue weighted by atomic mass is 9.89. The zero-order valence-electron chi connectivity index (χ0n) is 15.8. The Balaban J connectivity index is 1.77. The predicted octanol–water partition coefficient (Wildman–Crippen LogP) is 6.43. The Morgan fingerprint density at radius 1 is 1.22 bits per heavy atom. The van der Waals surface area contributed by atoms with Crippen LogP contribution in [0.1, 0.15) is 44.9 Å². The van der Waals surface area contributed by atoms with Crippen molar-refractivity contribution in [1.29, 1.82) is 0 Å². The number of hydrogen-bond acceptors (Lipinski definition) is 2. The van der Waals surface area contributed by atoms with Crippen LogP contribution in [0.3, 0.4) is 0 Å². The van der Waals surface area contributed by atoms with E-state index in [0.29, 0.717) is 17.0 Å². The van der Waals surface area contributed by atoms with Gasteiger partial charge >= 0.3 is 0 Å². The number of thiophene rings is 1. The minimum absolute atomic E-state index is 0.231. The fourth-order valence-electron chi connectivity index (χ4n) is 3.79. The largest absolute Gasteiger partial charge is 0.351 e. The Hall–Kier alpha value is -1.69. The molecule has 1 N–H and O–H groups in total. The van der Waals surface area contributed by atoms with Crippen molar-refractivity contribution in [3.63, 3.8) is 0 Å². The first-order valence-corrected chi connectivity index (χ1v) is 11.0. The maximum Gasteiger partial charge on any atom is 0.147 e. The second-order valence-electron chi connectivity index (χ2n) is 7.56. The molecular formula is C22H24FNOS2. The molecule has 2 heterocycles. The van der Waals surface area contributed by atoms with Crippen molar-refractivity contribution in [2.75, 3.05) is 4.90 Å². The lowest BCUT2D eigenvalue weighted by Gasteiger charge is -2.36. The molecule has 0 bridgehead atoms. The molecule has 0 radical (unpaired) electrons. The minimum atomic E-state index is -0.231. The Bertz CT molecular complexity index is 965. The third-order valence-electron chi connectivity index (χ3n) is 5.24. The summed E-state index contributed by atoms with van der Waals surface area (Å²) >= 11 is 1.58. The Morgan fingerprint density at radius 2 is 1.96 bits per heavy atom. The molecule has 0 spiro atoms. The molecule has 0 amide bonds. The number of nitrogens with zero attached hydrogens (tertiary/aromatic N) is 1. The van der Waals surface area contributed by atoms with E-state index in [1.807, 2.05) is 0 Å². The van der Waals surface area contributed by atoms with Gasteiger partial charge in [0.2, 0.25) is 0 Å². The molecule has 1 aromatic heterocycles. The van der Waals surface area contributed by atoms with Gasteiger partial charge in [0, 0.05) is 16.8 Å². The number of rotatable bonds is 3. The summed E-state index contributed by atoms with van der Waals surface area (Å²) in [7, 11) is 1.52. The standard InChI is InChI=1S/C22H24FNOS2/c1-13(2)24-18-12-19(15-8-10-17(23)11-9-15)26-20(18)22(25)27-21(24)16-6-4-14(3)5-7-16/h4,8-13,16,25H,5-7H2,1-3H3. The van der Waals surface area contributed by atoms with Crippen LogP contribution in [-0.4, -0.2) is 21.2 Å². The molecule has 1 unspecified atom stereocenters. The van der Waals surface area contributed by atoms with Crippen LogP contribution in [0.4, 0.5) is 10.1 Å². The van der Waals surface area contributed by atoms with Gasteiger partial charge in [-0.3, -0.25) is 0 Å². The smallest absolute Gasteiger partial charge is 0.147 e. The van der Waals surface area contributed by atoms with Crippen LogP contribution in [0.5, 0.6) is 0 Å². The summed E-state index contributed by atoms with van der Waals surface area (Å²) in [5.41, 5.74) is 3.52. The van der Waals surface area contributed by atoms with Gasteiger partial charge in [-0.25, -0.2) is 4.39 Å². The van der Waals surface area contributed by atoms with Gasteiger partial charge in [0.05, 0.1) is 15.6 Å². The van der Waals surface area contributed by atoms with Gasteiger partial charge in [-0.05, 0) is 63.8 Å². The molecule has 1 aliphatic heterocycles. The molecule has 1 atom stereocenters. The van der Waals surface area contributed by atoms with Crippen molar-refractivity contribution >= 4 is 38.0 Å². The third-order valence-corrected chi connectivity index (χ3v) is 7.68. The average Bonchev–Trinajstić information content (AvgIpc) is 3.08. The van der Waals surface area contributed by atoms with E-state index in [0.717, 1.165) is 40.3 Å². The molecule has 5 heteroatoms. The van der Waals surface area contributed by atoms with Crippen LogP contribution in [0.2, 0.25) is 0 Å². The second-order valence-corrected chi connectivity index (χ2v) is 9.62. The number of allylic oxidation sites excluding steroid dienone is 2. The zero-order valence-corrected chi connectivity index (χ0v) is 17.5. The van der Waals surface area contributed by atoms with E-state index in [1.165, 1.54) is 33.6 Å². The summed E-state index contributed by atoms with van der Waals surface area (Å²) in [6.07, 6.45) is 5.63. The monoisotopic (exact) mass is 401 g/mol. The van der Waals surface area contributed by atoms with Crippen molar-refractivity contribution in [3.05, 3.63) is 52.7 Å². The lowest BCUT2D eigenvalue weighted by molar-refractivity contribution is 0.570. The summed E-state index contributed by atoms with van der Waals surface area (Å²) in [4.78, 5) is 5.61. The number of fused-ring (bicyclic) bond motifs is 1. The molecule has 4 rings (SSSR count). The van der Waals surface area contributed by atoms with Gasteiger partial charge in [-0.1, -0.05) is 34.7 Å². The highest BCUT2D eigenvalue weighted by Gasteiger charge is 2.31. The van der Waals surface area contributed by atoms with Gasteiger partial charge in [-0.2, -0.15) is 0 Å². The topological polar surface area (TPSA) is 23.5 Å². The van der Waals surface area contributed by atoms with E-state index < -0.39 is 0 Å². The number of aliphatic hydroxyl groups excluding tert-OH is 1. The van der Waals surface area contributed by atoms with Crippen LogP contribution >= 0.6 is 22.3 Å². The van der Waals surface area contributed by atoms with Gasteiger partial charge in [0.15, 0.2) is 0 Å². The Labute approximate surface area is 167 Å². The molecule has 27 heavy (non-hydrogen) atoms. The summed E-state index contributed by atoms with van der Waals surface area (Å²) in [5.74, 6) is 0.218. The molecule has 2 nitrogen and oxygen atoms in total. The first kappa shape index (κ1) is 18.7. The average molecular weight is 402 g/mol. The number of aliphatic hydroxyl groups is 1. The van der Waals surface area contributed by atoms with E-state index in [-0.39, 0.29) is 5.82 Å². The maximum absolute atomic E-state index is 13.3. The van der Waals surface area contributed by atoms with Crippen molar-refractivity contribution < 1.29 is 9.50 Å². The van der Waals surface area contributed by atoms with Crippen molar-refractivity contribution in [3.8, 4) is 10.4 Å². The molecule has 1 aliphatic carbocycles. The lowest BCUT2D eigenvalue weighted by Crippen LogP contribution is -2.42. The first-order chi connectivity index (χ1) is 12.9. The van der Waals surface area contributed by atoms with Gasteiger partial charge in [0.25, 0.3) is 0 Å². The highest BCUT2D eigenvalue weighted by molar-refractivity contribution is 7.98. The predicted molar refractivity (Wildman–Crippen MR) is 118 cm³/mol. The van der Waals surface area contributed by atoms with Crippen molar-refractivity contribution in [2.45, 2.75) is 46.1 Å². The van der Waals surface area contributed by atoms with Gasteiger partial charge in [-0.15, -0.1) is 11.3 Å². The highest BCUT2D eigenvalue weighted by Crippen LogP contribution is 2.42. The Morgan fingerprint density at radius 3 is 2.59 bits per heavy atom. The third kappa shape index (κ3) is 3.56. The van der Waals surface area contributed by atoms with Crippen LogP contribution in [-0.2, 0) is 0 Å². The minimum Gasteiger partial charge on any atom is -0.351 e. The summed E-state index contributed by atoms with van der Waals surface area (Å²) in [6.45, 7) is 6.60. The SMILES string of the molecule is CC1=CCC(C2=S=C(O)c3sc(-c4ccc(F)cc4)cc3N2C(C)C)CC1. The van der Waals surface area contributed by atoms with E-state index in [1.54, 1.807) is 23.5 Å². The van der Waals surface area contributed by atoms with Crippen LogP contribution < -0.4 is 4.90 Å². The maximum atomic E-state index is 13.3. The van der Waals surface area contributed by atoms with E-state index >= 15 is 0 Å².